The highest BCUT2D eigenvalue weighted by atomic mass is 19.1. The van der Waals surface area contributed by atoms with Gasteiger partial charge in [-0.05, 0) is 54.9 Å². The maximum Gasteiger partial charge on any atom is 0.271 e. The molecule has 1 unspecified atom stereocenters. The van der Waals surface area contributed by atoms with Crippen LogP contribution in [0.5, 0.6) is 0 Å². The summed E-state index contributed by atoms with van der Waals surface area (Å²) in [7, 11) is 0. The standard InChI is InChI=1S/C25H25F2N5O2/c1-13(12-33)29-23(34)19-10-28-11-20(30-19)25-8-7-15(24(25,2)3)14-9-18(31-32-22(14)25)21-16(26)5-4-6-17(21)27/h4-6,9-11,13,15,33H,7-8,12H2,1-3H3,(H,29,34)/t13?,15-,25-/m0/s1. The van der Waals surface area contributed by atoms with Crippen LogP contribution < -0.4 is 5.32 Å². The molecule has 1 aromatic carbocycles. The van der Waals surface area contributed by atoms with Crippen LogP contribution in [-0.4, -0.2) is 43.8 Å². The molecule has 2 aliphatic rings. The molecule has 0 radical (unpaired) electrons. The van der Waals surface area contributed by atoms with Gasteiger partial charge in [0.1, 0.15) is 17.3 Å². The average Bonchev–Trinajstić information content (AvgIpc) is 3.20. The summed E-state index contributed by atoms with van der Waals surface area (Å²) in [5.41, 5.74) is 1.37. The number of nitrogens with one attached hydrogen (secondary N) is 1. The minimum absolute atomic E-state index is 0.0836. The number of nitrogens with zero attached hydrogens (tertiary/aromatic N) is 4. The first kappa shape index (κ1) is 22.5. The number of aromatic nitrogens is 4. The SMILES string of the molecule is CC(CO)NC(=O)c1cncc([C@@]23CC[C@@H](c4cc(-c5c(F)cccc5F)nnc42)C3(C)C)n1. The molecule has 0 aliphatic heterocycles. The molecule has 1 amide bonds. The molecule has 2 heterocycles. The summed E-state index contributed by atoms with van der Waals surface area (Å²) in [5.74, 6) is -1.71. The predicted molar refractivity (Wildman–Crippen MR) is 120 cm³/mol. The third-order valence-corrected chi connectivity index (χ3v) is 7.56. The second-order valence-corrected chi connectivity index (χ2v) is 9.70. The molecule has 3 atom stereocenters. The van der Waals surface area contributed by atoms with Crippen molar-refractivity contribution in [1.82, 2.24) is 25.5 Å². The molecule has 0 spiro atoms. The Morgan fingerprint density at radius 3 is 2.68 bits per heavy atom. The van der Waals surface area contributed by atoms with Crippen molar-refractivity contribution < 1.29 is 18.7 Å². The maximum absolute atomic E-state index is 14.4. The highest BCUT2D eigenvalue weighted by Crippen LogP contribution is 2.69. The number of carbonyl (C=O) groups is 1. The molecule has 2 N–H and O–H groups in total. The Bertz CT molecular complexity index is 1280. The van der Waals surface area contributed by atoms with Crippen molar-refractivity contribution in [3.8, 4) is 11.3 Å². The van der Waals surface area contributed by atoms with Gasteiger partial charge in [-0.2, -0.15) is 5.10 Å². The van der Waals surface area contributed by atoms with Crippen molar-refractivity contribution in [3.63, 3.8) is 0 Å². The van der Waals surface area contributed by atoms with E-state index in [1.165, 1.54) is 24.4 Å². The van der Waals surface area contributed by atoms with E-state index in [1.807, 2.05) is 0 Å². The van der Waals surface area contributed by atoms with Gasteiger partial charge in [0.25, 0.3) is 5.91 Å². The molecule has 2 aromatic heterocycles. The maximum atomic E-state index is 14.4. The molecule has 2 bridgehead atoms. The van der Waals surface area contributed by atoms with Crippen molar-refractivity contribution in [2.75, 3.05) is 6.61 Å². The van der Waals surface area contributed by atoms with Gasteiger partial charge in [-0.1, -0.05) is 19.9 Å². The number of fused-ring (bicyclic) bond motifs is 5. The van der Waals surface area contributed by atoms with E-state index >= 15 is 0 Å². The van der Waals surface area contributed by atoms with Crippen LogP contribution in [0, 0.1) is 17.0 Å². The highest BCUT2D eigenvalue weighted by molar-refractivity contribution is 5.92. The number of halogens is 2. The fourth-order valence-electron chi connectivity index (χ4n) is 5.78. The Morgan fingerprint density at radius 1 is 1.24 bits per heavy atom. The van der Waals surface area contributed by atoms with Gasteiger partial charge in [-0.15, -0.1) is 5.10 Å². The molecule has 3 aromatic rings. The summed E-state index contributed by atoms with van der Waals surface area (Å²) in [6.07, 6.45) is 4.62. The molecular formula is C25H25F2N5O2. The zero-order valence-corrected chi connectivity index (χ0v) is 19.1. The zero-order chi connectivity index (χ0) is 24.3. The molecule has 34 heavy (non-hydrogen) atoms. The number of aliphatic hydroxyl groups is 1. The van der Waals surface area contributed by atoms with Crippen LogP contribution in [-0.2, 0) is 5.41 Å². The second kappa shape index (κ2) is 7.87. The summed E-state index contributed by atoms with van der Waals surface area (Å²) in [5, 5.41) is 20.7. The number of benzene rings is 1. The quantitative estimate of drug-likeness (QED) is 0.598. The van der Waals surface area contributed by atoms with Gasteiger partial charge in [-0.25, -0.2) is 13.8 Å². The van der Waals surface area contributed by atoms with Crippen molar-refractivity contribution in [2.24, 2.45) is 5.41 Å². The zero-order valence-electron chi connectivity index (χ0n) is 19.1. The Morgan fingerprint density at radius 2 is 1.97 bits per heavy atom. The molecule has 2 aliphatic carbocycles. The average molecular weight is 466 g/mol. The lowest BCUT2D eigenvalue weighted by atomic mass is 9.66. The third-order valence-electron chi connectivity index (χ3n) is 7.56. The van der Waals surface area contributed by atoms with Gasteiger partial charge in [0.15, 0.2) is 0 Å². The van der Waals surface area contributed by atoms with Gasteiger partial charge < -0.3 is 10.4 Å². The van der Waals surface area contributed by atoms with Gasteiger partial charge in [0.2, 0.25) is 0 Å². The molecule has 1 saturated carbocycles. The first-order valence-electron chi connectivity index (χ1n) is 11.3. The van der Waals surface area contributed by atoms with Crippen LogP contribution in [0.1, 0.15) is 67.0 Å². The Labute approximate surface area is 195 Å². The van der Waals surface area contributed by atoms with Crippen LogP contribution in [0.25, 0.3) is 11.3 Å². The predicted octanol–water partition coefficient (Wildman–Crippen LogP) is 3.53. The number of carbonyl (C=O) groups excluding carboxylic acids is 1. The van der Waals surface area contributed by atoms with E-state index in [-0.39, 0.29) is 34.9 Å². The minimum Gasteiger partial charge on any atom is -0.394 e. The fourth-order valence-corrected chi connectivity index (χ4v) is 5.78. The number of hydrogen-bond acceptors (Lipinski definition) is 6. The molecule has 7 nitrogen and oxygen atoms in total. The smallest absolute Gasteiger partial charge is 0.271 e. The van der Waals surface area contributed by atoms with Crippen LogP contribution in [0.4, 0.5) is 8.78 Å². The Balaban J connectivity index is 1.62. The lowest BCUT2D eigenvalue weighted by molar-refractivity contribution is 0.0915. The second-order valence-electron chi connectivity index (χ2n) is 9.70. The Kier molecular flexibility index (Phi) is 5.20. The summed E-state index contributed by atoms with van der Waals surface area (Å²) >= 11 is 0. The molecule has 5 rings (SSSR count). The minimum atomic E-state index is -0.687. The van der Waals surface area contributed by atoms with Crippen molar-refractivity contribution >= 4 is 5.91 Å². The molecule has 1 fully saturated rings. The van der Waals surface area contributed by atoms with Gasteiger partial charge in [0, 0.05) is 12.2 Å². The first-order valence-corrected chi connectivity index (χ1v) is 11.3. The van der Waals surface area contributed by atoms with Gasteiger partial charge in [0.05, 0.1) is 40.9 Å². The molecule has 9 heteroatoms. The highest BCUT2D eigenvalue weighted by Gasteiger charge is 2.65. The van der Waals surface area contributed by atoms with Crippen molar-refractivity contribution in [3.05, 3.63) is 70.9 Å². The number of aliphatic hydroxyl groups excluding tert-OH is 1. The van der Waals surface area contributed by atoms with Crippen LogP contribution in [0.15, 0.2) is 36.7 Å². The van der Waals surface area contributed by atoms with Gasteiger partial charge in [-0.3, -0.25) is 9.78 Å². The summed E-state index contributed by atoms with van der Waals surface area (Å²) in [6, 6.07) is 5.05. The topological polar surface area (TPSA) is 101 Å². The lowest BCUT2D eigenvalue weighted by Gasteiger charge is -2.37. The van der Waals surface area contributed by atoms with E-state index in [9.17, 15) is 18.7 Å². The van der Waals surface area contributed by atoms with Crippen molar-refractivity contribution in [2.45, 2.75) is 51.0 Å². The summed E-state index contributed by atoms with van der Waals surface area (Å²) in [4.78, 5) is 21.6. The number of rotatable bonds is 5. The number of hydrogen-bond donors (Lipinski definition) is 2. The molecule has 176 valence electrons. The summed E-state index contributed by atoms with van der Waals surface area (Å²) in [6.45, 7) is 5.75. The van der Waals surface area contributed by atoms with E-state index in [2.05, 4.69) is 39.3 Å². The van der Waals surface area contributed by atoms with Crippen LogP contribution in [0.2, 0.25) is 0 Å². The van der Waals surface area contributed by atoms with E-state index < -0.39 is 29.0 Å². The molecular weight excluding hydrogens is 440 g/mol. The summed E-state index contributed by atoms with van der Waals surface area (Å²) < 4.78 is 28.8. The van der Waals surface area contributed by atoms with E-state index in [4.69, 9.17) is 0 Å². The fraction of sp³-hybridized carbons (Fsp3) is 0.400. The van der Waals surface area contributed by atoms with Gasteiger partial charge >= 0.3 is 0 Å². The van der Waals surface area contributed by atoms with Crippen molar-refractivity contribution in [1.29, 1.82) is 0 Å². The van der Waals surface area contributed by atoms with E-state index in [0.29, 0.717) is 11.4 Å². The Hall–Kier alpha value is -3.33. The lowest BCUT2D eigenvalue weighted by Crippen LogP contribution is -2.39. The van der Waals surface area contributed by atoms with E-state index in [1.54, 1.807) is 19.2 Å². The normalized spacial score (nSPS) is 22.9. The number of amides is 1. The third kappa shape index (κ3) is 3.06. The van der Waals surface area contributed by atoms with E-state index in [0.717, 1.165) is 18.4 Å². The monoisotopic (exact) mass is 465 g/mol. The molecule has 0 saturated heterocycles. The van der Waals surface area contributed by atoms with Crippen LogP contribution in [0.3, 0.4) is 0 Å². The largest absolute Gasteiger partial charge is 0.394 e. The van der Waals surface area contributed by atoms with Crippen LogP contribution >= 0.6 is 0 Å². The first-order chi connectivity index (χ1) is 16.2.